The highest BCUT2D eigenvalue weighted by Crippen LogP contribution is 2.30. The van der Waals surface area contributed by atoms with E-state index in [0.29, 0.717) is 12.8 Å². The van der Waals surface area contributed by atoms with Crippen LogP contribution in [0.3, 0.4) is 0 Å². The van der Waals surface area contributed by atoms with E-state index < -0.39 is 51.5 Å². The third-order valence-corrected chi connectivity index (χ3v) is 5.12. The molecule has 0 spiro atoms. The zero-order valence-corrected chi connectivity index (χ0v) is 17.4. The van der Waals surface area contributed by atoms with E-state index in [1.807, 2.05) is 30.3 Å². The van der Waals surface area contributed by atoms with Crippen molar-refractivity contribution >= 4 is 20.8 Å². The van der Waals surface area contributed by atoms with Crippen molar-refractivity contribution in [3.05, 3.63) is 35.9 Å². The van der Waals surface area contributed by atoms with Crippen molar-refractivity contribution < 1.29 is 48.5 Å². The molecule has 11 nitrogen and oxygen atoms in total. The van der Waals surface area contributed by atoms with E-state index in [1.165, 1.54) is 6.92 Å². The smallest absolute Gasteiger partial charge is 0.373 e. The van der Waals surface area contributed by atoms with Crippen LogP contribution in [-0.4, -0.2) is 70.4 Å². The Labute approximate surface area is 169 Å². The quantitative estimate of drug-likeness (QED) is 0.379. The van der Waals surface area contributed by atoms with Gasteiger partial charge in [0.15, 0.2) is 12.4 Å². The van der Waals surface area contributed by atoms with Crippen molar-refractivity contribution in [2.24, 2.45) is 0 Å². The fraction of sp³-hybridized carbons (Fsp3) is 0.625. The van der Waals surface area contributed by atoms with Crippen LogP contribution in [0.2, 0.25) is 0 Å². The van der Waals surface area contributed by atoms with Crippen LogP contribution in [0.5, 0.6) is 0 Å². The normalized spacial score (nSPS) is 28.3. The van der Waals surface area contributed by atoms with Crippen LogP contribution in [0.15, 0.2) is 30.3 Å². The number of benzene rings is 1. The predicted octanol–water partition coefficient (Wildman–Crippen LogP) is 0.772. The topological polar surface area (TPSA) is 155 Å². The lowest BCUT2D eigenvalue weighted by Gasteiger charge is -2.42. The van der Waals surface area contributed by atoms with Gasteiger partial charge in [0.25, 0.3) is 0 Å². The van der Waals surface area contributed by atoms with Crippen molar-refractivity contribution in [1.82, 2.24) is 0 Å². The van der Waals surface area contributed by atoms with Crippen LogP contribution in [0.4, 0.5) is 0 Å². The molecule has 13 heteroatoms. The summed E-state index contributed by atoms with van der Waals surface area (Å²) in [7, 11) is -8.89. The summed E-state index contributed by atoms with van der Waals surface area (Å²) in [4.78, 5) is 0. The van der Waals surface area contributed by atoms with Crippen molar-refractivity contribution in [3.63, 3.8) is 0 Å². The Morgan fingerprint density at radius 3 is 2.10 bits per heavy atom. The van der Waals surface area contributed by atoms with Gasteiger partial charge in [0, 0.05) is 13.7 Å². The Hall–Kier alpha value is -1.16. The van der Waals surface area contributed by atoms with Gasteiger partial charge in [-0.05, 0) is 25.3 Å². The first-order valence-corrected chi connectivity index (χ1v) is 11.4. The second-order valence-corrected chi connectivity index (χ2v) is 8.44. The van der Waals surface area contributed by atoms with Gasteiger partial charge >= 0.3 is 20.8 Å². The molecule has 2 rings (SSSR count). The maximum atomic E-state index is 11.3. The Bertz CT molecular complexity index is 841. The van der Waals surface area contributed by atoms with Gasteiger partial charge < -0.3 is 14.2 Å². The summed E-state index contributed by atoms with van der Waals surface area (Å²) in [6.07, 6.45) is -5.57. The summed E-state index contributed by atoms with van der Waals surface area (Å²) in [5, 5.41) is 0. The molecule has 1 saturated heterocycles. The zero-order valence-electron chi connectivity index (χ0n) is 15.8. The van der Waals surface area contributed by atoms with Crippen LogP contribution in [0.1, 0.15) is 18.9 Å². The minimum atomic E-state index is -5.03. The van der Waals surface area contributed by atoms with E-state index in [4.69, 9.17) is 23.3 Å². The van der Waals surface area contributed by atoms with Crippen LogP contribution < -0.4 is 0 Å². The van der Waals surface area contributed by atoms with E-state index in [1.54, 1.807) is 0 Å². The van der Waals surface area contributed by atoms with Crippen LogP contribution in [0, 0.1) is 0 Å². The van der Waals surface area contributed by atoms with Crippen LogP contribution in [0.25, 0.3) is 0 Å². The van der Waals surface area contributed by atoms with Gasteiger partial charge in [0.1, 0.15) is 12.2 Å². The van der Waals surface area contributed by atoms with E-state index in [-0.39, 0.29) is 6.61 Å². The molecule has 0 aliphatic carbocycles. The van der Waals surface area contributed by atoms with Crippen molar-refractivity contribution in [1.29, 1.82) is 0 Å². The molecule has 0 bridgehead atoms. The summed E-state index contributed by atoms with van der Waals surface area (Å²) in [5.74, 6) is 0. The third-order valence-electron chi connectivity index (χ3n) is 4.19. The molecule has 5 atom stereocenters. The molecule has 1 fully saturated rings. The summed E-state index contributed by atoms with van der Waals surface area (Å²) in [5.41, 5.74) is 1.07. The zero-order chi connectivity index (χ0) is 21.7. The minimum Gasteiger partial charge on any atom is -0.373 e. The van der Waals surface area contributed by atoms with Gasteiger partial charge in [-0.2, -0.15) is 16.8 Å². The SMILES string of the molecule is CO[C@@H]1O[C@@H](C)[C@H](OCCCc2ccccc2)[C@@H](OS(=O)(=O)O)[C@H]1OS(=O)(=O)O. The van der Waals surface area contributed by atoms with Crippen molar-refractivity contribution in [2.45, 2.75) is 50.5 Å². The predicted molar refractivity (Wildman–Crippen MR) is 98.7 cm³/mol. The average molecular weight is 456 g/mol. The molecule has 0 radical (unpaired) electrons. The van der Waals surface area contributed by atoms with Crippen LogP contribution >= 0.6 is 0 Å². The van der Waals surface area contributed by atoms with Gasteiger partial charge in [-0.3, -0.25) is 9.11 Å². The lowest BCUT2D eigenvalue weighted by atomic mass is 9.99. The Morgan fingerprint density at radius 1 is 0.966 bits per heavy atom. The molecule has 1 heterocycles. The fourth-order valence-electron chi connectivity index (χ4n) is 3.03. The van der Waals surface area contributed by atoms with Gasteiger partial charge in [-0.25, -0.2) is 8.37 Å². The molecule has 0 unspecified atom stereocenters. The highest BCUT2D eigenvalue weighted by molar-refractivity contribution is 7.81. The molecule has 1 aliphatic heterocycles. The van der Waals surface area contributed by atoms with E-state index in [2.05, 4.69) is 8.37 Å². The summed E-state index contributed by atoms with van der Waals surface area (Å²) >= 11 is 0. The molecule has 1 aromatic rings. The number of methoxy groups -OCH3 is 1. The minimum absolute atomic E-state index is 0.148. The maximum Gasteiger partial charge on any atom is 0.397 e. The first-order chi connectivity index (χ1) is 13.5. The highest BCUT2D eigenvalue weighted by atomic mass is 32.3. The third kappa shape index (κ3) is 7.88. The first-order valence-electron chi connectivity index (χ1n) is 8.65. The molecule has 0 aromatic heterocycles. The fourth-order valence-corrected chi connectivity index (χ4v) is 4.01. The number of hydrogen-bond acceptors (Lipinski definition) is 9. The molecule has 1 aliphatic rings. The van der Waals surface area contributed by atoms with Gasteiger partial charge in [0.05, 0.1) is 6.10 Å². The molecular formula is C16H24O11S2. The average Bonchev–Trinajstić information content (AvgIpc) is 2.61. The number of ether oxygens (including phenoxy) is 3. The molecule has 0 saturated carbocycles. The molecule has 2 N–H and O–H groups in total. The maximum absolute atomic E-state index is 11.3. The molecule has 166 valence electrons. The molecule has 29 heavy (non-hydrogen) atoms. The second-order valence-electron chi connectivity index (χ2n) is 6.35. The molecular weight excluding hydrogens is 432 g/mol. The summed E-state index contributed by atoms with van der Waals surface area (Å²) < 4.78 is 88.3. The summed E-state index contributed by atoms with van der Waals surface area (Å²) in [6, 6.07) is 9.56. The highest BCUT2D eigenvalue weighted by Gasteiger charge is 2.50. The number of rotatable bonds is 10. The Morgan fingerprint density at radius 2 is 1.55 bits per heavy atom. The first kappa shape index (κ1) is 24.1. The Kier molecular flexibility index (Phi) is 8.51. The van der Waals surface area contributed by atoms with Crippen LogP contribution in [-0.2, 0) is 49.8 Å². The lowest BCUT2D eigenvalue weighted by Crippen LogP contribution is -2.60. The van der Waals surface area contributed by atoms with E-state index in [9.17, 15) is 16.8 Å². The van der Waals surface area contributed by atoms with Crippen molar-refractivity contribution in [2.75, 3.05) is 13.7 Å². The van der Waals surface area contributed by atoms with Gasteiger partial charge in [0.2, 0.25) is 0 Å². The largest absolute Gasteiger partial charge is 0.397 e. The number of hydrogen-bond donors (Lipinski definition) is 2. The van der Waals surface area contributed by atoms with Crippen molar-refractivity contribution in [3.8, 4) is 0 Å². The summed E-state index contributed by atoms with van der Waals surface area (Å²) in [6.45, 7) is 1.67. The lowest BCUT2D eigenvalue weighted by molar-refractivity contribution is -0.283. The molecule has 1 aromatic carbocycles. The molecule has 0 amide bonds. The monoisotopic (exact) mass is 456 g/mol. The standard InChI is InChI=1S/C16H24O11S2/c1-11-13(24-10-6-9-12-7-4-3-5-8-12)14(26-28(17,18)19)15(16(23-2)25-11)27-29(20,21)22/h3-5,7-8,11,13-16H,6,9-10H2,1-2H3,(H,17,18,19)(H,20,21,22)/t11-,13-,14+,15+,16+/m0/s1. The van der Waals surface area contributed by atoms with E-state index in [0.717, 1.165) is 12.7 Å². The van der Waals surface area contributed by atoms with Gasteiger partial charge in [-0.15, -0.1) is 0 Å². The second kappa shape index (κ2) is 10.2. The number of aryl methyl sites for hydroxylation is 1. The Balaban J connectivity index is 2.14. The van der Waals surface area contributed by atoms with Gasteiger partial charge in [-0.1, -0.05) is 30.3 Å². The van der Waals surface area contributed by atoms with E-state index >= 15 is 0 Å².